The zero-order chi connectivity index (χ0) is 33.6. The van der Waals surface area contributed by atoms with Crippen molar-refractivity contribution in [2.75, 3.05) is 13.2 Å². The van der Waals surface area contributed by atoms with Crippen LogP contribution < -0.4 is 0 Å². The van der Waals surface area contributed by atoms with Crippen LogP contribution in [0, 0.1) is 23.3 Å². The second kappa shape index (κ2) is 18.6. The van der Waals surface area contributed by atoms with Crippen LogP contribution in [0.1, 0.15) is 54.7 Å². The van der Waals surface area contributed by atoms with Gasteiger partial charge in [0.05, 0.1) is 24.9 Å². The molecular weight excluding hydrogens is 650 g/mol. The molecule has 4 nitrogen and oxygen atoms in total. The molecule has 0 amide bonds. The minimum Gasteiger partial charge on any atom is -0.309 e. The van der Waals surface area contributed by atoms with E-state index in [9.17, 15) is 26.9 Å². The SMILES string of the molecule is CC(=Cc1ccccc1Cl)c1ccc(F)cc1F.CC(=O)c1ccc(F)cc1F.CCOP(=O)(Cc1ccccc1Cl)OCC. The van der Waals surface area contributed by atoms with E-state index in [0.29, 0.717) is 40.5 Å². The maximum atomic E-state index is 13.6. The van der Waals surface area contributed by atoms with Gasteiger partial charge in [-0.25, -0.2) is 17.6 Å². The highest BCUT2D eigenvalue weighted by atomic mass is 35.5. The lowest BCUT2D eigenvalue weighted by Crippen LogP contribution is -1.99. The van der Waals surface area contributed by atoms with Crippen LogP contribution >= 0.6 is 30.8 Å². The van der Waals surface area contributed by atoms with Crippen LogP contribution in [0.15, 0.2) is 84.9 Å². The number of benzene rings is 4. The molecule has 4 aromatic carbocycles. The number of hydrogen-bond acceptors (Lipinski definition) is 4. The van der Waals surface area contributed by atoms with Crippen molar-refractivity contribution < 1.29 is 36.0 Å². The zero-order valence-corrected chi connectivity index (χ0v) is 27.5. The molecule has 0 heterocycles. The van der Waals surface area contributed by atoms with Gasteiger partial charge in [-0.2, -0.15) is 0 Å². The molecular formula is C34H33Cl2F4O4P. The first-order valence-corrected chi connectivity index (χ1v) is 16.2. The van der Waals surface area contributed by atoms with Crippen molar-refractivity contribution in [2.45, 2.75) is 33.9 Å². The number of halogens is 6. The first-order valence-electron chi connectivity index (χ1n) is 13.8. The molecule has 0 saturated heterocycles. The second-order valence-electron chi connectivity index (χ2n) is 9.35. The lowest BCUT2D eigenvalue weighted by Gasteiger charge is -2.17. The van der Waals surface area contributed by atoms with E-state index in [2.05, 4.69) is 0 Å². The molecule has 0 bridgehead atoms. The topological polar surface area (TPSA) is 52.6 Å². The van der Waals surface area contributed by atoms with E-state index >= 15 is 0 Å². The van der Waals surface area contributed by atoms with Gasteiger partial charge < -0.3 is 9.05 Å². The molecule has 0 aliphatic heterocycles. The van der Waals surface area contributed by atoms with Gasteiger partial charge in [-0.3, -0.25) is 9.36 Å². The average Bonchev–Trinajstić information content (AvgIpc) is 2.96. The maximum absolute atomic E-state index is 13.6. The predicted molar refractivity (Wildman–Crippen MR) is 174 cm³/mol. The Morgan fingerprint density at radius 3 is 1.69 bits per heavy atom. The maximum Gasteiger partial charge on any atom is 0.335 e. The van der Waals surface area contributed by atoms with E-state index < -0.39 is 36.6 Å². The van der Waals surface area contributed by atoms with E-state index in [1.165, 1.54) is 19.1 Å². The lowest BCUT2D eigenvalue weighted by molar-refractivity contribution is 0.101. The summed E-state index contributed by atoms with van der Waals surface area (Å²) in [4.78, 5) is 10.6. The van der Waals surface area contributed by atoms with Crippen molar-refractivity contribution in [2.24, 2.45) is 0 Å². The summed E-state index contributed by atoms with van der Waals surface area (Å²) in [5.41, 5.74) is 2.58. The minimum atomic E-state index is -3.05. The van der Waals surface area contributed by atoms with Gasteiger partial charge in [0.25, 0.3) is 0 Å². The Morgan fingerprint density at radius 2 is 1.22 bits per heavy atom. The Morgan fingerprint density at radius 1 is 0.733 bits per heavy atom. The summed E-state index contributed by atoms with van der Waals surface area (Å²) >= 11 is 12.0. The van der Waals surface area contributed by atoms with Crippen molar-refractivity contribution in [3.05, 3.63) is 140 Å². The normalized spacial score (nSPS) is 11.2. The zero-order valence-electron chi connectivity index (χ0n) is 25.1. The largest absolute Gasteiger partial charge is 0.335 e. The quantitative estimate of drug-likeness (QED) is 0.0763. The van der Waals surface area contributed by atoms with E-state index in [1.54, 1.807) is 39.0 Å². The van der Waals surface area contributed by atoms with Gasteiger partial charge in [0.15, 0.2) is 5.78 Å². The van der Waals surface area contributed by atoms with E-state index in [4.69, 9.17) is 32.2 Å². The Kier molecular flexibility index (Phi) is 15.7. The third-order valence-corrected chi connectivity index (χ3v) is 8.66. The van der Waals surface area contributed by atoms with Gasteiger partial charge in [0, 0.05) is 27.7 Å². The lowest BCUT2D eigenvalue weighted by atomic mass is 10.0. The molecule has 240 valence electrons. The standard InChI is InChI=1S/C15H11ClF2.C11H16ClO3P.C8H6F2O/c1-10(8-11-4-2-3-5-14(11)16)13-7-6-12(17)9-15(13)18;1-3-14-16(13,15-4-2)9-10-7-5-6-8-11(10)12;1-5(11)7-3-2-6(9)4-8(7)10/h2-9H,1H3;5-8H,3-4,9H2,1-2H3;2-4H,1H3. The van der Waals surface area contributed by atoms with Gasteiger partial charge in [-0.1, -0.05) is 59.6 Å². The van der Waals surface area contributed by atoms with E-state index in [-0.39, 0.29) is 11.7 Å². The smallest absolute Gasteiger partial charge is 0.309 e. The van der Waals surface area contributed by atoms with Gasteiger partial charge >= 0.3 is 7.60 Å². The van der Waals surface area contributed by atoms with Crippen molar-refractivity contribution in [3.8, 4) is 0 Å². The number of hydrogen-bond donors (Lipinski definition) is 0. The highest BCUT2D eigenvalue weighted by Crippen LogP contribution is 2.52. The molecule has 0 aromatic heterocycles. The molecule has 0 fully saturated rings. The molecule has 0 saturated carbocycles. The minimum absolute atomic E-state index is 0.0774. The van der Waals surface area contributed by atoms with Crippen LogP contribution in [0.4, 0.5) is 17.6 Å². The molecule has 45 heavy (non-hydrogen) atoms. The van der Waals surface area contributed by atoms with Gasteiger partial charge in [0.1, 0.15) is 23.3 Å². The predicted octanol–water partition coefficient (Wildman–Crippen LogP) is 11.5. The number of rotatable bonds is 9. The summed E-state index contributed by atoms with van der Waals surface area (Å²) in [7, 11) is -3.05. The van der Waals surface area contributed by atoms with E-state index in [1.807, 2.05) is 36.4 Å². The van der Waals surface area contributed by atoms with Gasteiger partial charge in [-0.15, -0.1) is 0 Å². The summed E-state index contributed by atoms with van der Waals surface area (Å²) in [6.07, 6.45) is 1.99. The van der Waals surface area contributed by atoms with Crippen LogP contribution in [0.2, 0.25) is 10.0 Å². The summed E-state index contributed by atoms with van der Waals surface area (Å²) in [5, 5.41) is 1.18. The van der Waals surface area contributed by atoms with Gasteiger partial charge in [0.2, 0.25) is 0 Å². The summed E-state index contributed by atoms with van der Waals surface area (Å²) in [6.45, 7) is 7.30. The van der Waals surface area contributed by atoms with Gasteiger partial charge in [-0.05, 0) is 86.9 Å². The second-order valence-corrected chi connectivity index (χ2v) is 12.2. The number of ketones is 1. The first-order chi connectivity index (χ1) is 21.3. The molecule has 0 atom stereocenters. The molecule has 4 aromatic rings. The Hall–Kier alpha value is -3.26. The average molecular weight is 684 g/mol. The third-order valence-electron chi connectivity index (χ3n) is 5.92. The molecule has 0 spiro atoms. The number of carbonyl (C=O) groups is 1. The fraction of sp³-hybridized carbons (Fsp3) is 0.206. The van der Waals surface area contributed by atoms with Crippen molar-refractivity contribution in [1.29, 1.82) is 0 Å². The van der Waals surface area contributed by atoms with Crippen LogP contribution in [-0.2, 0) is 19.8 Å². The van der Waals surface area contributed by atoms with Crippen LogP contribution in [0.5, 0.6) is 0 Å². The van der Waals surface area contributed by atoms with Crippen molar-refractivity contribution in [3.63, 3.8) is 0 Å². The first kappa shape index (κ1) is 37.9. The molecule has 11 heteroatoms. The number of Topliss-reactive ketones (excluding diaryl/α,β-unsaturated/α-hetero) is 1. The molecule has 0 N–H and O–H groups in total. The Labute approximate surface area is 271 Å². The fourth-order valence-electron chi connectivity index (χ4n) is 3.84. The molecule has 4 rings (SSSR count). The summed E-state index contributed by atoms with van der Waals surface area (Å²) in [5.74, 6) is -3.04. The Balaban J connectivity index is 0.000000242. The fourth-order valence-corrected chi connectivity index (χ4v) is 6.07. The summed E-state index contributed by atoms with van der Waals surface area (Å²) in [6, 6.07) is 21.0. The molecule has 0 unspecified atom stereocenters. The molecule has 0 aliphatic carbocycles. The summed E-state index contributed by atoms with van der Waals surface area (Å²) < 4.78 is 74.0. The van der Waals surface area contributed by atoms with Crippen LogP contribution in [0.25, 0.3) is 11.6 Å². The third kappa shape index (κ3) is 12.6. The number of carbonyl (C=O) groups excluding carboxylic acids is 1. The molecule has 0 radical (unpaired) electrons. The highest BCUT2D eigenvalue weighted by Gasteiger charge is 2.25. The number of allylic oxidation sites excluding steroid dienone is 1. The van der Waals surface area contributed by atoms with Crippen molar-refractivity contribution in [1.82, 2.24) is 0 Å². The van der Waals surface area contributed by atoms with E-state index in [0.717, 1.165) is 29.3 Å². The monoisotopic (exact) mass is 682 g/mol. The van der Waals surface area contributed by atoms with Crippen LogP contribution in [-0.4, -0.2) is 19.0 Å². The molecule has 0 aliphatic rings. The highest BCUT2D eigenvalue weighted by molar-refractivity contribution is 7.53. The van der Waals surface area contributed by atoms with Crippen LogP contribution in [0.3, 0.4) is 0 Å². The Bertz CT molecular complexity index is 1650. The van der Waals surface area contributed by atoms with Crippen molar-refractivity contribution >= 4 is 48.2 Å².